The van der Waals surface area contributed by atoms with E-state index in [-0.39, 0.29) is 17.0 Å². The van der Waals surface area contributed by atoms with Crippen molar-refractivity contribution >= 4 is 11.7 Å². The predicted octanol–water partition coefficient (Wildman–Crippen LogP) is 2.06. The molecule has 0 bridgehead atoms. The molecule has 2 N–H and O–H groups in total. The van der Waals surface area contributed by atoms with Crippen molar-refractivity contribution in [1.82, 2.24) is 0 Å². The minimum Gasteiger partial charge on any atom is -0.512 e. The number of methoxy groups -OCH3 is 1. The van der Waals surface area contributed by atoms with Crippen LogP contribution in [-0.4, -0.2) is 23.9 Å². The van der Waals surface area contributed by atoms with E-state index in [1.165, 1.54) is 14.0 Å². The number of benzene rings is 1. The van der Waals surface area contributed by atoms with E-state index in [4.69, 9.17) is 5.41 Å². The molecule has 1 aromatic rings. The van der Waals surface area contributed by atoms with E-state index < -0.39 is 5.97 Å². The third-order valence-electron chi connectivity index (χ3n) is 2.06. The standard InChI is InChI=1S/C12H13NO3/c1-8(14)10(12(15)16-2)11(13)9-6-4-3-5-7-9/h3-7,13-14H,1-2H3. The molecule has 84 valence electrons. The smallest absolute Gasteiger partial charge is 0.343 e. The zero-order chi connectivity index (χ0) is 12.1. The van der Waals surface area contributed by atoms with E-state index in [9.17, 15) is 9.90 Å². The Morgan fingerprint density at radius 1 is 1.31 bits per heavy atom. The van der Waals surface area contributed by atoms with Crippen LogP contribution in [0.4, 0.5) is 0 Å². The van der Waals surface area contributed by atoms with Gasteiger partial charge in [0.25, 0.3) is 0 Å². The molecule has 0 radical (unpaired) electrons. The molecule has 0 aromatic heterocycles. The number of hydrogen-bond acceptors (Lipinski definition) is 4. The quantitative estimate of drug-likeness (QED) is 0.354. The number of carbonyl (C=O) groups excluding carboxylic acids is 1. The Labute approximate surface area is 93.7 Å². The van der Waals surface area contributed by atoms with E-state index in [0.717, 1.165) is 0 Å². The van der Waals surface area contributed by atoms with Crippen LogP contribution in [-0.2, 0) is 9.53 Å². The second-order valence-electron chi connectivity index (χ2n) is 3.19. The number of allylic oxidation sites excluding steroid dienone is 1. The highest BCUT2D eigenvalue weighted by Crippen LogP contribution is 2.12. The average molecular weight is 219 g/mol. The molecule has 4 nitrogen and oxygen atoms in total. The highest BCUT2D eigenvalue weighted by Gasteiger charge is 2.19. The molecule has 0 aliphatic carbocycles. The largest absolute Gasteiger partial charge is 0.512 e. The molecule has 16 heavy (non-hydrogen) atoms. The highest BCUT2D eigenvalue weighted by molar-refractivity contribution is 6.25. The zero-order valence-corrected chi connectivity index (χ0v) is 9.15. The minimum absolute atomic E-state index is 0.0487. The Morgan fingerprint density at radius 3 is 2.31 bits per heavy atom. The van der Waals surface area contributed by atoms with Crippen LogP contribution in [0.3, 0.4) is 0 Å². The fourth-order valence-corrected chi connectivity index (χ4v) is 1.28. The number of carbonyl (C=O) groups is 1. The van der Waals surface area contributed by atoms with E-state index in [0.29, 0.717) is 5.56 Å². The summed E-state index contributed by atoms with van der Waals surface area (Å²) >= 11 is 0. The average Bonchev–Trinajstić information content (AvgIpc) is 2.29. The van der Waals surface area contributed by atoms with Gasteiger partial charge >= 0.3 is 5.97 Å². The van der Waals surface area contributed by atoms with Gasteiger partial charge in [-0.1, -0.05) is 30.3 Å². The van der Waals surface area contributed by atoms with Gasteiger partial charge in [-0.15, -0.1) is 0 Å². The molecule has 0 unspecified atom stereocenters. The predicted molar refractivity (Wildman–Crippen MR) is 60.6 cm³/mol. The lowest BCUT2D eigenvalue weighted by Gasteiger charge is -2.08. The van der Waals surface area contributed by atoms with Crippen molar-refractivity contribution in [3.05, 3.63) is 47.2 Å². The molecule has 0 atom stereocenters. The first-order chi connectivity index (χ1) is 7.57. The number of rotatable bonds is 3. The van der Waals surface area contributed by atoms with Gasteiger partial charge in [0.15, 0.2) is 0 Å². The highest BCUT2D eigenvalue weighted by atomic mass is 16.5. The molecule has 1 rings (SSSR count). The maximum atomic E-state index is 11.4. The number of aliphatic hydroxyl groups is 1. The van der Waals surface area contributed by atoms with Gasteiger partial charge in [0, 0.05) is 5.56 Å². The van der Waals surface area contributed by atoms with E-state index >= 15 is 0 Å². The van der Waals surface area contributed by atoms with Gasteiger partial charge in [-0.3, -0.25) is 5.41 Å². The summed E-state index contributed by atoms with van der Waals surface area (Å²) in [5.41, 5.74) is 0.387. The van der Waals surface area contributed by atoms with Crippen LogP contribution in [0.5, 0.6) is 0 Å². The van der Waals surface area contributed by atoms with Crippen LogP contribution in [0, 0.1) is 5.41 Å². The molecule has 0 aliphatic rings. The van der Waals surface area contributed by atoms with Crippen molar-refractivity contribution in [1.29, 1.82) is 5.41 Å². The summed E-state index contributed by atoms with van der Waals surface area (Å²) in [4.78, 5) is 11.4. The van der Waals surface area contributed by atoms with Crippen molar-refractivity contribution in [2.45, 2.75) is 6.92 Å². The Morgan fingerprint density at radius 2 is 1.88 bits per heavy atom. The van der Waals surface area contributed by atoms with Gasteiger partial charge in [0.1, 0.15) is 11.3 Å². The number of hydrogen-bond donors (Lipinski definition) is 2. The van der Waals surface area contributed by atoms with E-state index in [1.807, 2.05) is 6.07 Å². The van der Waals surface area contributed by atoms with Crippen molar-refractivity contribution < 1.29 is 14.6 Å². The Kier molecular flexibility index (Phi) is 3.83. The molecule has 0 saturated heterocycles. The van der Waals surface area contributed by atoms with Crippen molar-refractivity contribution in [2.75, 3.05) is 7.11 Å². The van der Waals surface area contributed by atoms with Gasteiger partial charge in [0.05, 0.1) is 12.8 Å². The summed E-state index contributed by atoms with van der Waals surface area (Å²) in [6.45, 7) is 1.35. The van der Waals surface area contributed by atoms with Crippen LogP contribution in [0.15, 0.2) is 41.7 Å². The first-order valence-electron chi connectivity index (χ1n) is 4.70. The van der Waals surface area contributed by atoms with Crippen molar-refractivity contribution in [3.63, 3.8) is 0 Å². The molecule has 0 aliphatic heterocycles. The van der Waals surface area contributed by atoms with Crippen LogP contribution < -0.4 is 0 Å². The second-order valence-corrected chi connectivity index (χ2v) is 3.19. The Balaban J connectivity index is 3.13. The number of ether oxygens (including phenoxy) is 1. The fourth-order valence-electron chi connectivity index (χ4n) is 1.28. The van der Waals surface area contributed by atoms with Crippen LogP contribution >= 0.6 is 0 Å². The van der Waals surface area contributed by atoms with E-state index in [2.05, 4.69) is 4.74 Å². The van der Waals surface area contributed by atoms with Crippen LogP contribution in [0.1, 0.15) is 12.5 Å². The lowest BCUT2D eigenvalue weighted by atomic mass is 10.0. The third kappa shape index (κ3) is 2.48. The summed E-state index contributed by atoms with van der Waals surface area (Å²) in [5.74, 6) is -0.936. The third-order valence-corrected chi connectivity index (χ3v) is 2.06. The molecular formula is C12H13NO3. The zero-order valence-electron chi connectivity index (χ0n) is 9.15. The maximum Gasteiger partial charge on any atom is 0.343 e. The van der Waals surface area contributed by atoms with Crippen molar-refractivity contribution in [3.8, 4) is 0 Å². The molecule has 1 aromatic carbocycles. The van der Waals surface area contributed by atoms with Gasteiger partial charge in [-0.25, -0.2) is 4.79 Å². The monoisotopic (exact) mass is 219 g/mol. The van der Waals surface area contributed by atoms with Gasteiger partial charge in [-0.2, -0.15) is 0 Å². The Hall–Kier alpha value is -2.10. The second kappa shape index (κ2) is 5.11. The molecule has 0 fully saturated rings. The lowest BCUT2D eigenvalue weighted by Crippen LogP contribution is -2.16. The van der Waals surface area contributed by atoms with Crippen LogP contribution in [0.2, 0.25) is 0 Å². The molecule has 0 spiro atoms. The summed E-state index contributed by atoms with van der Waals surface area (Å²) in [6.07, 6.45) is 0. The lowest BCUT2D eigenvalue weighted by molar-refractivity contribution is -0.135. The van der Waals surface area contributed by atoms with Gasteiger partial charge in [0.2, 0.25) is 0 Å². The molecule has 4 heteroatoms. The molecule has 0 amide bonds. The maximum absolute atomic E-state index is 11.4. The number of aliphatic hydroxyl groups excluding tert-OH is 1. The fraction of sp³-hybridized carbons (Fsp3) is 0.167. The molecule has 0 heterocycles. The van der Waals surface area contributed by atoms with Gasteiger partial charge in [-0.05, 0) is 6.92 Å². The molecular weight excluding hydrogens is 206 g/mol. The summed E-state index contributed by atoms with van der Waals surface area (Å²) in [5, 5.41) is 17.2. The van der Waals surface area contributed by atoms with E-state index in [1.54, 1.807) is 24.3 Å². The topological polar surface area (TPSA) is 70.4 Å². The SMILES string of the molecule is COC(=O)C(C(=N)c1ccccc1)=C(C)O. The summed E-state index contributed by atoms with van der Waals surface area (Å²) < 4.78 is 4.52. The minimum atomic E-state index is -0.714. The normalized spacial score (nSPS) is 11.6. The van der Waals surface area contributed by atoms with Crippen molar-refractivity contribution in [2.24, 2.45) is 0 Å². The van der Waals surface area contributed by atoms with Crippen LogP contribution in [0.25, 0.3) is 0 Å². The molecule has 0 saturated carbocycles. The summed E-state index contributed by atoms with van der Waals surface area (Å²) in [7, 11) is 1.21. The first kappa shape index (κ1) is 12.0. The number of nitrogens with one attached hydrogen (secondary N) is 1. The first-order valence-corrected chi connectivity index (χ1v) is 4.70. The Bertz CT molecular complexity index is 431. The summed E-state index contributed by atoms with van der Waals surface area (Å²) in [6, 6.07) is 8.70. The van der Waals surface area contributed by atoms with Gasteiger partial charge < -0.3 is 9.84 Å². The number of esters is 1.